The number of nitrogens with one attached hydrogen (secondary N) is 1. The largest absolute Gasteiger partial charge is 0.328 e. The SMILES string of the molecule is Cc1ccccc1C(=O)Nc1cc2c(cc1Sc1ccccc1)n(C)c(=O)n2C. The monoisotopic (exact) mass is 403 g/mol. The summed E-state index contributed by atoms with van der Waals surface area (Å²) in [5, 5.41) is 3.05. The van der Waals surface area contributed by atoms with Gasteiger partial charge in [-0.05, 0) is 42.8 Å². The second kappa shape index (κ2) is 7.64. The number of carbonyl (C=O) groups excluding carboxylic acids is 1. The normalized spacial score (nSPS) is 11.0. The van der Waals surface area contributed by atoms with Crippen molar-refractivity contribution in [2.75, 3.05) is 5.32 Å². The van der Waals surface area contributed by atoms with E-state index < -0.39 is 0 Å². The Labute approximate surface area is 173 Å². The third-order valence-electron chi connectivity index (χ3n) is 4.98. The predicted molar refractivity (Wildman–Crippen MR) is 118 cm³/mol. The summed E-state index contributed by atoms with van der Waals surface area (Å²) in [6.45, 7) is 1.92. The van der Waals surface area contributed by atoms with Crippen LogP contribution >= 0.6 is 11.8 Å². The first-order valence-corrected chi connectivity index (χ1v) is 10.1. The Kier molecular flexibility index (Phi) is 5.03. The molecule has 0 spiro atoms. The van der Waals surface area contributed by atoms with Crippen molar-refractivity contribution in [2.45, 2.75) is 16.7 Å². The van der Waals surface area contributed by atoms with Crippen LogP contribution in [-0.2, 0) is 14.1 Å². The summed E-state index contributed by atoms with van der Waals surface area (Å²) in [6.07, 6.45) is 0. The number of nitrogens with zero attached hydrogens (tertiary/aromatic N) is 2. The molecule has 6 heteroatoms. The lowest BCUT2D eigenvalue weighted by Gasteiger charge is -2.13. The number of imidazole rings is 1. The van der Waals surface area contributed by atoms with Crippen molar-refractivity contribution in [1.82, 2.24) is 9.13 Å². The van der Waals surface area contributed by atoms with Gasteiger partial charge in [0.1, 0.15) is 0 Å². The van der Waals surface area contributed by atoms with Gasteiger partial charge in [0, 0.05) is 29.4 Å². The number of rotatable bonds is 4. The molecule has 0 saturated heterocycles. The fraction of sp³-hybridized carbons (Fsp3) is 0.130. The van der Waals surface area contributed by atoms with E-state index in [-0.39, 0.29) is 11.6 Å². The highest BCUT2D eigenvalue weighted by molar-refractivity contribution is 7.99. The number of aromatic nitrogens is 2. The van der Waals surface area contributed by atoms with E-state index in [1.165, 1.54) is 0 Å². The summed E-state index contributed by atoms with van der Waals surface area (Å²) < 4.78 is 3.22. The molecular formula is C23H21N3O2S. The zero-order valence-corrected chi connectivity index (χ0v) is 17.3. The van der Waals surface area contributed by atoms with Crippen LogP contribution in [0.1, 0.15) is 15.9 Å². The fourth-order valence-corrected chi connectivity index (χ4v) is 4.28. The molecule has 1 aromatic heterocycles. The molecule has 146 valence electrons. The Morgan fingerprint density at radius 1 is 0.897 bits per heavy atom. The summed E-state index contributed by atoms with van der Waals surface area (Å²) >= 11 is 1.55. The zero-order chi connectivity index (χ0) is 20.5. The molecule has 29 heavy (non-hydrogen) atoms. The van der Waals surface area contributed by atoms with Crippen molar-refractivity contribution in [3.63, 3.8) is 0 Å². The molecule has 0 unspecified atom stereocenters. The average Bonchev–Trinajstić information content (AvgIpc) is 2.93. The fourth-order valence-electron chi connectivity index (χ4n) is 3.34. The molecule has 3 aromatic carbocycles. The number of aryl methyl sites for hydroxylation is 3. The summed E-state index contributed by atoms with van der Waals surface area (Å²) in [5.41, 5.74) is 3.72. The lowest BCUT2D eigenvalue weighted by atomic mass is 10.1. The molecule has 5 nitrogen and oxygen atoms in total. The molecule has 0 atom stereocenters. The highest BCUT2D eigenvalue weighted by Gasteiger charge is 2.16. The Bertz CT molecular complexity index is 1270. The van der Waals surface area contributed by atoms with Gasteiger partial charge < -0.3 is 5.32 Å². The Morgan fingerprint density at radius 3 is 2.21 bits per heavy atom. The van der Waals surface area contributed by atoms with E-state index in [1.807, 2.05) is 73.7 Å². The second-order valence-corrected chi connectivity index (χ2v) is 8.04. The lowest BCUT2D eigenvalue weighted by Crippen LogP contribution is -2.19. The summed E-state index contributed by atoms with van der Waals surface area (Å²) in [7, 11) is 3.49. The quantitative estimate of drug-likeness (QED) is 0.542. The summed E-state index contributed by atoms with van der Waals surface area (Å²) in [5.74, 6) is -0.168. The van der Waals surface area contributed by atoms with Gasteiger partial charge in [-0.15, -0.1) is 0 Å². The molecular weight excluding hydrogens is 382 g/mol. The third-order valence-corrected chi connectivity index (χ3v) is 6.05. The molecule has 1 heterocycles. The maximum absolute atomic E-state index is 12.9. The number of anilines is 1. The Balaban J connectivity index is 1.83. The number of benzene rings is 3. The van der Waals surface area contributed by atoms with Crippen molar-refractivity contribution in [3.05, 3.63) is 88.3 Å². The number of hydrogen-bond donors (Lipinski definition) is 1. The van der Waals surface area contributed by atoms with Crippen molar-refractivity contribution < 1.29 is 4.79 Å². The Morgan fingerprint density at radius 2 is 1.52 bits per heavy atom. The first-order chi connectivity index (χ1) is 14.0. The molecule has 0 aliphatic carbocycles. The molecule has 1 amide bonds. The molecule has 0 radical (unpaired) electrons. The molecule has 4 rings (SSSR count). The topological polar surface area (TPSA) is 56.0 Å². The van der Waals surface area contributed by atoms with Gasteiger partial charge in [0.05, 0.1) is 16.7 Å². The van der Waals surface area contributed by atoms with Crippen LogP contribution in [0.5, 0.6) is 0 Å². The first kappa shape index (κ1) is 19.1. The van der Waals surface area contributed by atoms with Gasteiger partial charge in [0.2, 0.25) is 0 Å². The molecule has 1 N–H and O–H groups in total. The van der Waals surface area contributed by atoms with Crippen LogP contribution in [0.3, 0.4) is 0 Å². The highest BCUT2D eigenvalue weighted by Crippen LogP contribution is 2.36. The van der Waals surface area contributed by atoms with Gasteiger partial charge in [-0.3, -0.25) is 13.9 Å². The maximum atomic E-state index is 12.9. The van der Waals surface area contributed by atoms with E-state index in [1.54, 1.807) is 35.0 Å². The molecule has 0 fully saturated rings. The second-order valence-electron chi connectivity index (χ2n) is 6.92. The number of fused-ring (bicyclic) bond motifs is 1. The summed E-state index contributed by atoms with van der Waals surface area (Å²) in [4.78, 5) is 27.3. The van der Waals surface area contributed by atoms with Crippen LogP contribution in [0.2, 0.25) is 0 Å². The molecule has 0 aliphatic rings. The van der Waals surface area contributed by atoms with Gasteiger partial charge in [-0.1, -0.05) is 48.2 Å². The van der Waals surface area contributed by atoms with E-state index in [4.69, 9.17) is 0 Å². The highest BCUT2D eigenvalue weighted by atomic mass is 32.2. The van der Waals surface area contributed by atoms with Crippen molar-refractivity contribution in [1.29, 1.82) is 0 Å². The van der Waals surface area contributed by atoms with Crippen LogP contribution in [0.15, 0.2) is 81.3 Å². The van der Waals surface area contributed by atoms with Crippen LogP contribution in [0, 0.1) is 6.92 Å². The van der Waals surface area contributed by atoms with E-state index in [2.05, 4.69) is 5.32 Å². The van der Waals surface area contributed by atoms with Gasteiger partial charge >= 0.3 is 5.69 Å². The summed E-state index contributed by atoms with van der Waals surface area (Å²) in [6, 6.07) is 21.3. The smallest absolute Gasteiger partial charge is 0.321 e. The standard InChI is InChI=1S/C23H21N3O2S/c1-15-9-7-8-12-17(15)22(27)24-18-13-19-20(26(3)23(28)25(19)2)14-21(18)29-16-10-5-4-6-11-16/h4-14H,1-3H3,(H,24,27). The zero-order valence-electron chi connectivity index (χ0n) is 16.5. The van der Waals surface area contributed by atoms with Crippen molar-refractivity contribution >= 4 is 34.4 Å². The van der Waals surface area contributed by atoms with E-state index in [9.17, 15) is 9.59 Å². The third kappa shape index (κ3) is 3.59. The van der Waals surface area contributed by atoms with Crippen molar-refractivity contribution in [2.24, 2.45) is 14.1 Å². The number of amides is 1. The average molecular weight is 404 g/mol. The Hall–Kier alpha value is -3.25. The van der Waals surface area contributed by atoms with Crippen molar-refractivity contribution in [3.8, 4) is 0 Å². The maximum Gasteiger partial charge on any atom is 0.328 e. The number of hydrogen-bond acceptors (Lipinski definition) is 3. The van der Waals surface area contributed by atoms with Gasteiger partial charge in [0.15, 0.2) is 0 Å². The molecule has 0 bridgehead atoms. The number of carbonyl (C=O) groups is 1. The minimum atomic E-state index is -0.168. The van der Waals surface area contributed by atoms with Crippen LogP contribution < -0.4 is 11.0 Å². The van der Waals surface area contributed by atoms with E-state index in [0.29, 0.717) is 11.3 Å². The van der Waals surface area contributed by atoms with Crippen LogP contribution in [-0.4, -0.2) is 15.0 Å². The molecule has 4 aromatic rings. The van der Waals surface area contributed by atoms with E-state index in [0.717, 1.165) is 26.4 Å². The minimum Gasteiger partial charge on any atom is -0.321 e. The van der Waals surface area contributed by atoms with Gasteiger partial charge in [-0.2, -0.15) is 0 Å². The predicted octanol–water partition coefficient (Wildman–Crippen LogP) is 4.59. The van der Waals surface area contributed by atoms with E-state index >= 15 is 0 Å². The van der Waals surface area contributed by atoms with Crippen LogP contribution in [0.4, 0.5) is 5.69 Å². The van der Waals surface area contributed by atoms with Gasteiger partial charge in [0.25, 0.3) is 5.91 Å². The minimum absolute atomic E-state index is 0.0990. The lowest BCUT2D eigenvalue weighted by molar-refractivity contribution is 0.102. The first-order valence-electron chi connectivity index (χ1n) is 9.25. The molecule has 0 saturated carbocycles. The van der Waals surface area contributed by atoms with Crippen LogP contribution in [0.25, 0.3) is 11.0 Å². The van der Waals surface area contributed by atoms with Gasteiger partial charge in [-0.25, -0.2) is 4.79 Å². The molecule has 0 aliphatic heterocycles.